The molecule has 1 atom stereocenters. The number of aromatic nitrogens is 4. The second-order valence-electron chi connectivity index (χ2n) is 7.06. The van der Waals surface area contributed by atoms with Crippen LogP contribution >= 0.6 is 0 Å². The molecule has 136 valence electrons. The first kappa shape index (κ1) is 16.9. The number of nitrogens with zero attached hydrogens (tertiary/aromatic N) is 4. The Balaban J connectivity index is 1.76. The number of imidazole rings is 1. The molecule has 3 N–H and O–H groups in total. The van der Waals surface area contributed by atoms with E-state index in [2.05, 4.69) is 25.6 Å². The second-order valence-corrected chi connectivity index (χ2v) is 7.06. The van der Waals surface area contributed by atoms with Crippen molar-refractivity contribution in [3.8, 4) is 11.4 Å². The van der Waals surface area contributed by atoms with E-state index in [-0.39, 0.29) is 11.7 Å². The average molecular weight is 356 g/mol. The van der Waals surface area contributed by atoms with E-state index >= 15 is 0 Å². The maximum absolute atomic E-state index is 14.5. The summed E-state index contributed by atoms with van der Waals surface area (Å²) in [4.78, 5) is 13.0. The fraction of sp³-hybridized carbons (Fsp3) is 0.389. The van der Waals surface area contributed by atoms with Gasteiger partial charge in [0.05, 0.1) is 23.8 Å². The summed E-state index contributed by atoms with van der Waals surface area (Å²) in [7, 11) is 0. The topological polar surface area (TPSA) is 87.4 Å². The highest BCUT2D eigenvalue weighted by molar-refractivity contribution is 5.62. The van der Waals surface area contributed by atoms with Gasteiger partial charge >= 0.3 is 0 Å². The average Bonchev–Trinajstić information content (AvgIpc) is 3.25. The number of pyridine rings is 1. The zero-order valence-corrected chi connectivity index (χ0v) is 14.7. The molecule has 0 radical (unpaired) electrons. The van der Waals surface area contributed by atoms with Crippen molar-refractivity contribution in [3.63, 3.8) is 0 Å². The van der Waals surface area contributed by atoms with Crippen LogP contribution in [-0.4, -0.2) is 43.6 Å². The maximum atomic E-state index is 14.5. The summed E-state index contributed by atoms with van der Waals surface area (Å²) in [5.41, 5.74) is 0.643. The number of nitrogens with one attached hydrogen (secondary N) is 2. The highest BCUT2D eigenvalue weighted by atomic mass is 19.1. The van der Waals surface area contributed by atoms with Crippen molar-refractivity contribution in [2.75, 3.05) is 18.4 Å². The number of halogens is 1. The van der Waals surface area contributed by atoms with E-state index in [1.165, 1.54) is 6.07 Å². The lowest BCUT2D eigenvalue weighted by atomic mass is 10.1. The predicted molar refractivity (Wildman–Crippen MR) is 96.3 cm³/mol. The van der Waals surface area contributed by atoms with Crippen LogP contribution in [0.4, 0.5) is 10.2 Å². The minimum absolute atomic E-state index is 0.210. The van der Waals surface area contributed by atoms with Gasteiger partial charge in [-0.15, -0.1) is 0 Å². The lowest BCUT2D eigenvalue weighted by Crippen LogP contribution is -2.22. The van der Waals surface area contributed by atoms with Crippen LogP contribution in [0.25, 0.3) is 17.0 Å². The van der Waals surface area contributed by atoms with Crippen molar-refractivity contribution in [2.45, 2.75) is 31.9 Å². The molecule has 3 aromatic rings. The van der Waals surface area contributed by atoms with Gasteiger partial charge in [-0.3, -0.25) is 9.38 Å². The van der Waals surface area contributed by atoms with E-state index in [0.717, 1.165) is 19.5 Å². The molecule has 1 fully saturated rings. The molecule has 0 amide bonds. The molecule has 0 bridgehead atoms. The van der Waals surface area contributed by atoms with Crippen LogP contribution in [0.1, 0.15) is 26.0 Å². The lowest BCUT2D eigenvalue weighted by molar-refractivity contribution is 0.0734. The van der Waals surface area contributed by atoms with Crippen molar-refractivity contribution >= 4 is 11.5 Å². The van der Waals surface area contributed by atoms with Crippen LogP contribution in [0.5, 0.6) is 0 Å². The summed E-state index contributed by atoms with van der Waals surface area (Å²) in [6.07, 6.45) is 5.79. The molecule has 4 heterocycles. The normalized spacial score (nSPS) is 17.8. The summed E-state index contributed by atoms with van der Waals surface area (Å²) < 4.78 is 16.2. The molecule has 4 rings (SSSR count). The second kappa shape index (κ2) is 6.30. The molecule has 1 saturated heterocycles. The largest absolute Gasteiger partial charge is 0.384 e. The number of anilines is 1. The molecule has 0 aliphatic carbocycles. The Morgan fingerprint density at radius 1 is 1.31 bits per heavy atom. The number of rotatable bonds is 4. The molecule has 8 heteroatoms. The first-order valence-corrected chi connectivity index (χ1v) is 8.62. The standard InChI is InChI=1S/C18H21FN6O/c1-18(2,26)14-10-25-13(8-22-16(25)9-21-14)17-12(19)3-4-15(24-17)23-11-5-6-20-7-11/h3-4,8-11,20,26H,5-7H2,1-2H3,(H,23,24). The van der Waals surface area contributed by atoms with Crippen molar-refractivity contribution in [1.82, 2.24) is 24.7 Å². The molecule has 1 unspecified atom stereocenters. The van der Waals surface area contributed by atoms with Gasteiger partial charge in [-0.25, -0.2) is 14.4 Å². The summed E-state index contributed by atoms with van der Waals surface area (Å²) in [6.45, 7) is 5.13. The van der Waals surface area contributed by atoms with Crippen molar-refractivity contribution < 1.29 is 9.50 Å². The van der Waals surface area contributed by atoms with Gasteiger partial charge in [0.2, 0.25) is 0 Å². The molecule has 0 saturated carbocycles. The Morgan fingerprint density at radius 3 is 2.88 bits per heavy atom. The van der Waals surface area contributed by atoms with E-state index < -0.39 is 11.4 Å². The number of fused-ring (bicyclic) bond motifs is 1. The van der Waals surface area contributed by atoms with E-state index in [1.807, 2.05) is 0 Å². The van der Waals surface area contributed by atoms with Crippen LogP contribution in [0.2, 0.25) is 0 Å². The van der Waals surface area contributed by atoms with Crippen LogP contribution < -0.4 is 10.6 Å². The molecular formula is C18H21FN6O. The third-order valence-corrected chi connectivity index (χ3v) is 4.52. The number of hydrogen-bond donors (Lipinski definition) is 3. The summed E-state index contributed by atoms with van der Waals surface area (Å²) >= 11 is 0. The fourth-order valence-electron chi connectivity index (χ4n) is 3.07. The van der Waals surface area contributed by atoms with E-state index in [4.69, 9.17) is 0 Å². The van der Waals surface area contributed by atoms with Crippen molar-refractivity contribution in [1.29, 1.82) is 0 Å². The van der Waals surface area contributed by atoms with Gasteiger partial charge < -0.3 is 15.7 Å². The van der Waals surface area contributed by atoms with Gasteiger partial charge in [0.1, 0.15) is 17.1 Å². The quantitative estimate of drug-likeness (QED) is 0.662. The highest BCUT2D eigenvalue weighted by Crippen LogP contribution is 2.26. The van der Waals surface area contributed by atoms with Crippen LogP contribution in [0.3, 0.4) is 0 Å². The van der Waals surface area contributed by atoms with Gasteiger partial charge in [-0.1, -0.05) is 0 Å². The molecule has 7 nitrogen and oxygen atoms in total. The van der Waals surface area contributed by atoms with E-state index in [0.29, 0.717) is 22.9 Å². The molecular weight excluding hydrogens is 335 g/mol. The van der Waals surface area contributed by atoms with Crippen LogP contribution in [0, 0.1) is 5.82 Å². The summed E-state index contributed by atoms with van der Waals surface area (Å²) in [5, 5.41) is 16.8. The van der Waals surface area contributed by atoms with Gasteiger partial charge in [-0.05, 0) is 38.9 Å². The highest BCUT2D eigenvalue weighted by Gasteiger charge is 2.21. The molecule has 1 aliphatic rings. The van der Waals surface area contributed by atoms with Crippen molar-refractivity contribution in [2.24, 2.45) is 0 Å². The van der Waals surface area contributed by atoms with E-state index in [9.17, 15) is 9.50 Å². The Hall–Kier alpha value is -2.58. The predicted octanol–water partition coefficient (Wildman–Crippen LogP) is 1.93. The zero-order valence-electron chi connectivity index (χ0n) is 14.7. The zero-order chi connectivity index (χ0) is 18.3. The van der Waals surface area contributed by atoms with Gasteiger partial charge in [0.25, 0.3) is 0 Å². The molecule has 0 aromatic carbocycles. The minimum atomic E-state index is -1.11. The number of aliphatic hydroxyl groups is 1. The lowest BCUT2D eigenvalue weighted by Gasteiger charge is -2.17. The molecule has 3 aromatic heterocycles. The number of hydrogen-bond acceptors (Lipinski definition) is 6. The van der Waals surface area contributed by atoms with E-state index in [1.54, 1.807) is 42.9 Å². The monoisotopic (exact) mass is 356 g/mol. The Kier molecular flexibility index (Phi) is 4.08. The molecule has 0 spiro atoms. The Morgan fingerprint density at radius 2 is 2.15 bits per heavy atom. The van der Waals surface area contributed by atoms with Crippen molar-refractivity contribution in [3.05, 3.63) is 42.2 Å². The van der Waals surface area contributed by atoms with Crippen LogP contribution in [0.15, 0.2) is 30.7 Å². The van der Waals surface area contributed by atoms with Gasteiger partial charge in [-0.2, -0.15) is 0 Å². The molecule has 1 aliphatic heterocycles. The first-order valence-electron chi connectivity index (χ1n) is 8.62. The fourth-order valence-corrected chi connectivity index (χ4v) is 3.07. The smallest absolute Gasteiger partial charge is 0.155 e. The third-order valence-electron chi connectivity index (χ3n) is 4.52. The Labute approximate surface area is 150 Å². The van der Waals surface area contributed by atoms with Gasteiger partial charge in [0, 0.05) is 18.8 Å². The SMILES string of the molecule is CC(C)(O)c1cn2c(-c3nc(NC4CCNC4)ccc3F)cnc2cn1. The van der Waals surface area contributed by atoms with Gasteiger partial charge in [0.15, 0.2) is 11.5 Å². The summed E-state index contributed by atoms with van der Waals surface area (Å²) in [6, 6.07) is 3.34. The third kappa shape index (κ3) is 3.13. The molecule has 26 heavy (non-hydrogen) atoms. The van der Waals surface area contributed by atoms with Crippen LogP contribution in [-0.2, 0) is 5.60 Å². The first-order chi connectivity index (χ1) is 12.4. The minimum Gasteiger partial charge on any atom is -0.384 e. The summed E-state index contributed by atoms with van der Waals surface area (Å²) in [5.74, 6) is 0.199. The maximum Gasteiger partial charge on any atom is 0.155 e. The Bertz CT molecular complexity index is 942.